The average molecular weight is 278 g/mol. The van der Waals surface area contributed by atoms with Gasteiger partial charge in [-0.1, -0.05) is 0 Å². The highest BCUT2D eigenvalue weighted by Crippen LogP contribution is 2.26. The summed E-state index contributed by atoms with van der Waals surface area (Å²) < 4.78 is 5.61. The number of likely N-dealkylation sites (tertiary alicyclic amines) is 1. The Bertz CT molecular complexity index is 251. The Balaban J connectivity index is 1.72. The van der Waals surface area contributed by atoms with Crippen molar-refractivity contribution < 1.29 is 9.53 Å². The van der Waals surface area contributed by atoms with Gasteiger partial charge < -0.3 is 9.64 Å². The summed E-state index contributed by atoms with van der Waals surface area (Å²) in [5.74, 6) is 3.36. The predicted molar refractivity (Wildman–Crippen MR) is 71.7 cm³/mol. The van der Waals surface area contributed by atoms with Crippen LogP contribution >= 0.6 is 23.4 Å². The van der Waals surface area contributed by atoms with Crippen LogP contribution in [-0.4, -0.2) is 54.0 Å². The van der Waals surface area contributed by atoms with E-state index in [0.29, 0.717) is 24.5 Å². The zero-order valence-corrected chi connectivity index (χ0v) is 11.6. The van der Waals surface area contributed by atoms with E-state index in [1.165, 1.54) is 0 Å². The number of carbonyl (C=O) groups is 1. The topological polar surface area (TPSA) is 29.5 Å². The third kappa shape index (κ3) is 3.76. The van der Waals surface area contributed by atoms with E-state index in [1.807, 2.05) is 16.7 Å². The normalized spacial score (nSPS) is 26.4. The van der Waals surface area contributed by atoms with Crippen molar-refractivity contribution in [2.75, 3.05) is 37.1 Å². The Hall–Kier alpha value is 0.0700. The second kappa shape index (κ2) is 6.86. The number of alkyl halides is 1. The highest BCUT2D eigenvalue weighted by Gasteiger charge is 2.30. The monoisotopic (exact) mass is 277 g/mol. The maximum atomic E-state index is 12.2. The molecule has 3 nitrogen and oxygen atoms in total. The number of rotatable bonds is 4. The van der Waals surface area contributed by atoms with Crippen LogP contribution in [0.3, 0.4) is 0 Å². The second-order valence-electron chi connectivity index (χ2n) is 4.64. The molecule has 17 heavy (non-hydrogen) atoms. The van der Waals surface area contributed by atoms with Crippen LogP contribution in [0.4, 0.5) is 0 Å². The smallest absolute Gasteiger partial charge is 0.226 e. The van der Waals surface area contributed by atoms with Gasteiger partial charge in [0.1, 0.15) is 0 Å². The lowest BCUT2D eigenvalue weighted by Crippen LogP contribution is -2.43. The predicted octanol–water partition coefficient (Wildman–Crippen LogP) is 1.99. The molecule has 2 rings (SSSR count). The minimum atomic E-state index is 0.278. The molecule has 0 saturated carbocycles. The van der Waals surface area contributed by atoms with Crippen molar-refractivity contribution in [1.82, 2.24) is 4.90 Å². The van der Waals surface area contributed by atoms with Crippen LogP contribution in [0.25, 0.3) is 0 Å². The highest BCUT2D eigenvalue weighted by atomic mass is 35.5. The Morgan fingerprint density at radius 3 is 2.71 bits per heavy atom. The summed E-state index contributed by atoms with van der Waals surface area (Å²) in [5.41, 5.74) is 0. The molecule has 2 heterocycles. The zero-order chi connectivity index (χ0) is 12.1. The van der Waals surface area contributed by atoms with E-state index in [0.717, 1.165) is 43.9 Å². The Labute approximate surface area is 112 Å². The third-order valence-electron chi connectivity index (χ3n) is 3.46. The van der Waals surface area contributed by atoms with Gasteiger partial charge in [0, 0.05) is 30.6 Å². The van der Waals surface area contributed by atoms with E-state index in [1.54, 1.807) is 0 Å². The van der Waals surface area contributed by atoms with Gasteiger partial charge in [-0.05, 0) is 25.0 Å². The summed E-state index contributed by atoms with van der Waals surface area (Å²) in [6.07, 6.45) is 3.28. The Morgan fingerprint density at radius 1 is 1.35 bits per heavy atom. The van der Waals surface area contributed by atoms with Crippen molar-refractivity contribution in [3.8, 4) is 0 Å². The van der Waals surface area contributed by atoms with Gasteiger partial charge in [0.25, 0.3) is 0 Å². The van der Waals surface area contributed by atoms with Crippen LogP contribution in [0.5, 0.6) is 0 Å². The van der Waals surface area contributed by atoms with Gasteiger partial charge in [0.15, 0.2) is 0 Å². The highest BCUT2D eigenvalue weighted by molar-refractivity contribution is 7.99. The van der Waals surface area contributed by atoms with Gasteiger partial charge in [0.05, 0.1) is 12.7 Å². The molecule has 0 aromatic carbocycles. The maximum Gasteiger partial charge on any atom is 0.226 e. The minimum absolute atomic E-state index is 0.278. The van der Waals surface area contributed by atoms with Crippen LogP contribution in [0.1, 0.15) is 19.3 Å². The molecule has 0 aromatic heterocycles. The van der Waals surface area contributed by atoms with E-state index in [9.17, 15) is 4.79 Å². The molecule has 0 aromatic rings. The summed E-state index contributed by atoms with van der Waals surface area (Å²) in [6, 6.07) is 0. The van der Waals surface area contributed by atoms with E-state index < -0.39 is 0 Å². The first kappa shape index (κ1) is 13.5. The zero-order valence-electron chi connectivity index (χ0n) is 10.1. The van der Waals surface area contributed by atoms with Crippen LogP contribution < -0.4 is 0 Å². The lowest BCUT2D eigenvalue weighted by atomic mass is 10.0. The SMILES string of the molecule is O=C(C1CCSC1)N1CCC(OCCCl)CC1. The van der Waals surface area contributed by atoms with Crippen molar-refractivity contribution in [1.29, 1.82) is 0 Å². The molecule has 2 saturated heterocycles. The van der Waals surface area contributed by atoms with Crippen LogP contribution in [-0.2, 0) is 9.53 Å². The summed E-state index contributed by atoms with van der Waals surface area (Å²) in [4.78, 5) is 14.2. The fourth-order valence-electron chi connectivity index (χ4n) is 2.44. The number of halogens is 1. The van der Waals surface area contributed by atoms with Gasteiger partial charge in [-0.3, -0.25) is 4.79 Å². The largest absolute Gasteiger partial charge is 0.377 e. The number of piperidine rings is 1. The molecule has 0 spiro atoms. The first-order valence-corrected chi connectivity index (χ1v) is 8.04. The van der Waals surface area contributed by atoms with E-state index in [2.05, 4.69) is 0 Å². The van der Waals surface area contributed by atoms with Crippen molar-refractivity contribution in [2.24, 2.45) is 5.92 Å². The number of amides is 1. The van der Waals surface area contributed by atoms with Gasteiger partial charge >= 0.3 is 0 Å². The van der Waals surface area contributed by atoms with E-state index >= 15 is 0 Å². The lowest BCUT2D eigenvalue weighted by molar-refractivity contribution is -0.137. The van der Waals surface area contributed by atoms with Crippen molar-refractivity contribution in [2.45, 2.75) is 25.4 Å². The molecule has 0 radical (unpaired) electrons. The van der Waals surface area contributed by atoms with E-state index in [-0.39, 0.29) is 5.92 Å². The first-order chi connectivity index (χ1) is 8.31. The number of hydrogen-bond donors (Lipinski definition) is 0. The minimum Gasteiger partial charge on any atom is -0.377 e. The second-order valence-corrected chi connectivity index (χ2v) is 6.17. The fraction of sp³-hybridized carbons (Fsp3) is 0.917. The summed E-state index contributed by atoms with van der Waals surface area (Å²) in [5, 5.41) is 0. The number of nitrogens with zero attached hydrogens (tertiary/aromatic N) is 1. The molecule has 1 atom stereocenters. The van der Waals surface area contributed by atoms with Crippen LogP contribution in [0.2, 0.25) is 0 Å². The molecule has 2 aliphatic heterocycles. The lowest BCUT2D eigenvalue weighted by Gasteiger charge is -2.33. The molecule has 0 aliphatic carbocycles. The molecule has 0 bridgehead atoms. The Kier molecular flexibility index (Phi) is 5.45. The molecule has 0 N–H and O–H groups in total. The number of thioether (sulfide) groups is 1. The average Bonchev–Trinajstić information content (AvgIpc) is 2.90. The molecule has 2 aliphatic rings. The van der Waals surface area contributed by atoms with Gasteiger partial charge in [0.2, 0.25) is 5.91 Å². The molecule has 1 unspecified atom stereocenters. The van der Waals surface area contributed by atoms with Gasteiger partial charge in [-0.2, -0.15) is 11.8 Å². The molecule has 5 heteroatoms. The van der Waals surface area contributed by atoms with Gasteiger partial charge in [-0.15, -0.1) is 11.6 Å². The Morgan fingerprint density at radius 2 is 2.12 bits per heavy atom. The summed E-state index contributed by atoms with van der Waals surface area (Å²) in [7, 11) is 0. The molecular weight excluding hydrogens is 258 g/mol. The van der Waals surface area contributed by atoms with Crippen LogP contribution in [0, 0.1) is 5.92 Å². The fourth-order valence-corrected chi connectivity index (χ4v) is 3.74. The van der Waals surface area contributed by atoms with Crippen LogP contribution in [0.15, 0.2) is 0 Å². The van der Waals surface area contributed by atoms with E-state index in [4.69, 9.17) is 16.3 Å². The number of carbonyl (C=O) groups excluding carboxylic acids is 1. The van der Waals surface area contributed by atoms with Gasteiger partial charge in [-0.25, -0.2) is 0 Å². The molecule has 2 fully saturated rings. The number of hydrogen-bond acceptors (Lipinski definition) is 3. The van der Waals surface area contributed by atoms with Crippen molar-refractivity contribution in [3.63, 3.8) is 0 Å². The molecule has 98 valence electrons. The first-order valence-electron chi connectivity index (χ1n) is 6.35. The molecule has 1 amide bonds. The third-order valence-corrected chi connectivity index (χ3v) is 4.78. The standard InChI is InChI=1S/C12H20ClNO2S/c13-4-7-16-11-1-5-14(6-2-11)12(15)10-3-8-17-9-10/h10-11H,1-9H2. The maximum absolute atomic E-state index is 12.2. The summed E-state index contributed by atoms with van der Waals surface area (Å²) >= 11 is 7.49. The summed E-state index contributed by atoms with van der Waals surface area (Å²) in [6.45, 7) is 2.33. The quantitative estimate of drug-likeness (QED) is 0.736. The number of ether oxygens (including phenoxy) is 1. The van der Waals surface area contributed by atoms with Crippen molar-refractivity contribution in [3.05, 3.63) is 0 Å². The van der Waals surface area contributed by atoms with Crippen molar-refractivity contribution >= 4 is 29.3 Å². The molecular formula is C12H20ClNO2S.